The molecule has 3 aromatic carbocycles. The van der Waals surface area contributed by atoms with Crippen molar-refractivity contribution in [3.63, 3.8) is 0 Å². The molecule has 0 saturated heterocycles. The van der Waals surface area contributed by atoms with Crippen LogP contribution in [0.25, 0.3) is 43.6 Å². The Bertz CT molecular complexity index is 1280. The first-order valence-electron chi connectivity index (χ1n) is 8.79. The maximum absolute atomic E-state index is 4.52. The van der Waals surface area contributed by atoms with Gasteiger partial charge in [0.1, 0.15) is 0 Å². The Hall–Kier alpha value is -3.79. The minimum absolute atomic E-state index is 1.000. The highest BCUT2D eigenvalue weighted by atomic mass is 14.9. The first kappa shape index (κ1) is 15.5. The highest BCUT2D eigenvalue weighted by molar-refractivity contribution is 6.17. The van der Waals surface area contributed by atoms with Crippen LogP contribution in [-0.2, 0) is 0 Å². The van der Waals surface area contributed by atoms with Crippen LogP contribution in [-0.4, -0.2) is 19.9 Å². The lowest BCUT2D eigenvalue weighted by Crippen LogP contribution is -1.85. The fraction of sp³-hybridized carbons (Fsp3) is 0. The molecular weight excluding hydrogens is 332 g/mol. The molecule has 27 heavy (non-hydrogen) atoms. The Balaban J connectivity index is 0.000000149. The zero-order valence-corrected chi connectivity index (χ0v) is 14.5. The number of nitrogens with one attached hydrogen (secondary N) is 1. The number of rotatable bonds is 0. The van der Waals surface area contributed by atoms with Crippen LogP contribution in [0.4, 0.5) is 0 Å². The van der Waals surface area contributed by atoms with Gasteiger partial charge >= 0.3 is 0 Å². The molecule has 0 radical (unpaired) electrons. The van der Waals surface area contributed by atoms with Gasteiger partial charge in [-0.3, -0.25) is 9.97 Å². The van der Waals surface area contributed by atoms with E-state index in [1.54, 1.807) is 6.33 Å². The minimum Gasteiger partial charge on any atom is -0.345 e. The Kier molecular flexibility index (Phi) is 3.72. The smallest absolute Gasteiger partial charge is 0.0931 e. The maximum atomic E-state index is 4.52. The van der Waals surface area contributed by atoms with Gasteiger partial charge in [-0.05, 0) is 29.7 Å². The van der Waals surface area contributed by atoms with Gasteiger partial charge in [0.25, 0.3) is 0 Å². The molecule has 0 unspecified atom stereocenters. The summed E-state index contributed by atoms with van der Waals surface area (Å²) in [6.07, 6.45) is 5.46. The van der Waals surface area contributed by atoms with Crippen molar-refractivity contribution in [3.8, 4) is 0 Å². The van der Waals surface area contributed by atoms with Gasteiger partial charge in [0.15, 0.2) is 0 Å². The SMILES string of the molecule is c1ccc2[nH]cnc2c1.c1ccc2c(c1)cnc1ccc3cccnc3c12. The van der Waals surface area contributed by atoms with Crippen molar-refractivity contribution in [2.45, 2.75) is 0 Å². The molecule has 0 fully saturated rings. The topological polar surface area (TPSA) is 54.5 Å². The van der Waals surface area contributed by atoms with Crippen LogP contribution in [0.2, 0.25) is 0 Å². The lowest BCUT2D eigenvalue weighted by molar-refractivity contribution is 1.34. The van der Waals surface area contributed by atoms with Crippen LogP contribution in [0.15, 0.2) is 91.5 Å². The summed E-state index contributed by atoms with van der Waals surface area (Å²) in [7, 11) is 0. The Morgan fingerprint density at radius 1 is 0.630 bits per heavy atom. The Labute approximate surface area is 155 Å². The van der Waals surface area contributed by atoms with Crippen LogP contribution in [0.5, 0.6) is 0 Å². The zero-order chi connectivity index (χ0) is 18.1. The standard InChI is InChI=1S/C16H10N2.C7H6N2/c1-2-6-13-12(4-1)10-18-14-8-7-11-5-3-9-17-16(11)15(13)14;1-2-4-7-6(3-1)8-5-9-7/h1-10H;1-5H,(H,8,9). The number of hydrogen-bond acceptors (Lipinski definition) is 3. The molecule has 0 bridgehead atoms. The fourth-order valence-corrected chi connectivity index (χ4v) is 3.36. The molecule has 3 aromatic heterocycles. The van der Waals surface area contributed by atoms with E-state index >= 15 is 0 Å². The van der Waals surface area contributed by atoms with E-state index in [1.165, 1.54) is 5.39 Å². The van der Waals surface area contributed by atoms with Crippen LogP contribution < -0.4 is 0 Å². The minimum atomic E-state index is 1.000. The van der Waals surface area contributed by atoms with E-state index in [9.17, 15) is 0 Å². The second-order valence-electron chi connectivity index (χ2n) is 6.30. The van der Waals surface area contributed by atoms with Gasteiger partial charge in [0.05, 0.1) is 28.4 Å². The van der Waals surface area contributed by atoms with Gasteiger partial charge in [0.2, 0.25) is 0 Å². The van der Waals surface area contributed by atoms with Crippen molar-refractivity contribution in [2.24, 2.45) is 0 Å². The van der Waals surface area contributed by atoms with Crippen molar-refractivity contribution >= 4 is 43.6 Å². The first-order chi connectivity index (χ1) is 13.4. The van der Waals surface area contributed by atoms with Crippen LogP contribution >= 0.6 is 0 Å². The molecule has 0 atom stereocenters. The second kappa shape index (κ2) is 6.50. The van der Waals surface area contributed by atoms with Gasteiger partial charge in [-0.15, -0.1) is 0 Å². The number of H-pyrrole nitrogens is 1. The molecule has 3 heterocycles. The van der Waals surface area contributed by atoms with Gasteiger partial charge in [0, 0.05) is 28.6 Å². The van der Waals surface area contributed by atoms with Crippen molar-refractivity contribution in [1.82, 2.24) is 19.9 Å². The Morgan fingerprint density at radius 2 is 1.48 bits per heavy atom. The van der Waals surface area contributed by atoms with Gasteiger partial charge in [-0.2, -0.15) is 0 Å². The zero-order valence-electron chi connectivity index (χ0n) is 14.5. The summed E-state index contributed by atoms with van der Waals surface area (Å²) in [5.74, 6) is 0. The monoisotopic (exact) mass is 348 g/mol. The number of imidazole rings is 1. The number of para-hydroxylation sites is 2. The van der Waals surface area contributed by atoms with Crippen LogP contribution in [0.3, 0.4) is 0 Å². The molecule has 6 rings (SSSR count). The molecule has 0 spiro atoms. The predicted molar refractivity (Wildman–Crippen MR) is 111 cm³/mol. The number of aromatic nitrogens is 4. The molecule has 0 aliphatic rings. The number of pyridine rings is 2. The summed E-state index contributed by atoms with van der Waals surface area (Å²) in [5, 5.41) is 4.67. The average Bonchev–Trinajstić information content (AvgIpc) is 3.22. The molecule has 4 nitrogen and oxygen atoms in total. The van der Waals surface area contributed by atoms with Crippen molar-refractivity contribution in [3.05, 3.63) is 91.5 Å². The third kappa shape index (κ3) is 2.77. The second-order valence-corrected chi connectivity index (χ2v) is 6.30. The van der Waals surface area contributed by atoms with Crippen LogP contribution in [0, 0.1) is 0 Å². The van der Waals surface area contributed by atoms with E-state index in [2.05, 4.69) is 56.3 Å². The highest BCUT2D eigenvalue weighted by Gasteiger charge is 2.06. The van der Waals surface area contributed by atoms with E-state index in [4.69, 9.17) is 0 Å². The number of hydrogen-bond donors (Lipinski definition) is 1. The van der Waals surface area contributed by atoms with E-state index in [-0.39, 0.29) is 0 Å². The van der Waals surface area contributed by atoms with Crippen molar-refractivity contribution in [1.29, 1.82) is 0 Å². The molecule has 1 N–H and O–H groups in total. The highest BCUT2D eigenvalue weighted by Crippen LogP contribution is 2.28. The summed E-state index contributed by atoms with van der Waals surface area (Å²) >= 11 is 0. The molecule has 0 saturated carbocycles. The quantitative estimate of drug-likeness (QED) is 0.369. The summed E-state index contributed by atoms with van der Waals surface area (Å²) in [6, 6.07) is 24.4. The molecule has 0 amide bonds. The molecule has 0 aliphatic carbocycles. The number of aromatic amines is 1. The van der Waals surface area contributed by atoms with Crippen molar-refractivity contribution in [2.75, 3.05) is 0 Å². The predicted octanol–water partition coefficient (Wildman–Crippen LogP) is 5.50. The summed E-state index contributed by atoms with van der Waals surface area (Å²) < 4.78 is 0. The number of benzene rings is 3. The van der Waals surface area contributed by atoms with Gasteiger partial charge in [-0.1, -0.05) is 48.5 Å². The van der Waals surface area contributed by atoms with Crippen LogP contribution in [0.1, 0.15) is 0 Å². The van der Waals surface area contributed by atoms with Gasteiger partial charge in [-0.25, -0.2) is 4.98 Å². The molecule has 128 valence electrons. The van der Waals surface area contributed by atoms with Crippen molar-refractivity contribution < 1.29 is 0 Å². The molecular formula is C23H16N4. The average molecular weight is 348 g/mol. The summed E-state index contributed by atoms with van der Waals surface area (Å²) in [5.41, 5.74) is 4.15. The summed E-state index contributed by atoms with van der Waals surface area (Å²) in [6.45, 7) is 0. The molecule has 0 aliphatic heterocycles. The van der Waals surface area contributed by atoms with Gasteiger partial charge < -0.3 is 4.98 Å². The number of nitrogens with zero attached hydrogens (tertiary/aromatic N) is 3. The summed E-state index contributed by atoms with van der Waals surface area (Å²) in [4.78, 5) is 16.1. The van der Waals surface area contributed by atoms with E-state index in [1.807, 2.05) is 48.8 Å². The first-order valence-corrected chi connectivity index (χ1v) is 8.79. The third-order valence-electron chi connectivity index (χ3n) is 4.65. The largest absolute Gasteiger partial charge is 0.345 e. The normalized spacial score (nSPS) is 11.0. The van der Waals surface area contributed by atoms with E-state index in [0.717, 1.165) is 38.2 Å². The number of fused-ring (bicyclic) bond motifs is 6. The van der Waals surface area contributed by atoms with E-state index < -0.39 is 0 Å². The third-order valence-corrected chi connectivity index (χ3v) is 4.65. The maximum Gasteiger partial charge on any atom is 0.0931 e. The lowest BCUT2D eigenvalue weighted by Gasteiger charge is -2.05. The van der Waals surface area contributed by atoms with E-state index in [0.29, 0.717) is 0 Å². The fourth-order valence-electron chi connectivity index (χ4n) is 3.36. The molecule has 6 aromatic rings. The molecule has 4 heteroatoms. The Morgan fingerprint density at radius 3 is 2.44 bits per heavy atom. The lowest BCUT2D eigenvalue weighted by atomic mass is 10.0.